The predicted octanol–water partition coefficient (Wildman–Crippen LogP) is 1.96. The first-order chi connectivity index (χ1) is 17.5. The fraction of sp³-hybridized carbons (Fsp3) is 0.320. The molecule has 2 saturated heterocycles. The Balaban J connectivity index is 1.43. The van der Waals surface area contributed by atoms with E-state index in [1.807, 2.05) is 12.1 Å². The van der Waals surface area contributed by atoms with Crippen molar-refractivity contribution in [2.45, 2.75) is 22.7 Å². The molecule has 0 bridgehead atoms. The Bertz CT molecular complexity index is 1380. The smallest absolute Gasteiger partial charge is 0.308 e. The molecule has 3 aromatic rings. The van der Waals surface area contributed by atoms with E-state index in [2.05, 4.69) is 4.98 Å². The molecule has 3 aliphatic rings. The Kier molecular flexibility index (Phi) is 5.98. The minimum Gasteiger partial charge on any atom is -0.378 e. The van der Waals surface area contributed by atoms with E-state index in [4.69, 9.17) is 4.74 Å². The first-order valence-electron chi connectivity index (χ1n) is 11.6. The van der Waals surface area contributed by atoms with Crippen molar-refractivity contribution in [2.75, 3.05) is 31.2 Å². The Hall–Kier alpha value is -3.28. The molecular formula is C25H22N4O5S2. The summed E-state index contributed by atoms with van der Waals surface area (Å²) in [5.41, 5.74) is 1.29. The van der Waals surface area contributed by atoms with Gasteiger partial charge in [0.05, 0.1) is 29.8 Å². The molecule has 0 aliphatic carbocycles. The molecule has 184 valence electrons. The molecule has 0 radical (unpaired) electrons. The molecular weight excluding hydrogens is 500 g/mol. The van der Waals surface area contributed by atoms with E-state index in [1.165, 1.54) is 21.2 Å². The average Bonchev–Trinajstić information content (AvgIpc) is 3.36. The zero-order valence-corrected chi connectivity index (χ0v) is 20.7. The molecule has 11 heteroatoms. The lowest BCUT2D eigenvalue weighted by Crippen LogP contribution is -2.43. The number of carbonyl (C=O) groups excluding carboxylic acids is 3. The number of thioether (sulfide) groups is 1. The maximum Gasteiger partial charge on any atom is 0.308 e. The monoisotopic (exact) mass is 522 g/mol. The van der Waals surface area contributed by atoms with E-state index in [0.29, 0.717) is 41.9 Å². The third-order valence-electron chi connectivity index (χ3n) is 6.76. The summed E-state index contributed by atoms with van der Waals surface area (Å²) in [7, 11) is 0. The van der Waals surface area contributed by atoms with Crippen molar-refractivity contribution in [3.63, 3.8) is 0 Å². The van der Waals surface area contributed by atoms with E-state index < -0.39 is 17.1 Å². The molecule has 9 nitrogen and oxygen atoms in total. The molecule has 36 heavy (non-hydrogen) atoms. The van der Waals surface area contributed by atoms with Gasteiger partial charge in [-0.05, 0) is 23.8 Å². The summed E-state index contributed by atoms with van der Waals surface area (Å²) in [5, 5.41) is -0.132. The topological polar surface area (TPSA) is 102 Å². The quantitative estimate of drug-likeness (QED) is 0.483. The number of amides is 3. The van der Waals surface area contributed by atoms with Crippen LogP contribution in [0.2, 0.25) is 0 Å². The zero-order chi connectivity index (χ0) is 24.8. The molecule has 0 spiro atoms. The number of ether oxygens (including phenoxy) is 1. The lowest BCUT2D eigenvalue weighted by Gasteiger charge is -2.31. The first-order valence-corrected chi connectivity index (χ1v) is 13.3. The highest BCUT2D eigenvalue weighted by atomic mass is 32.2. The van der Waals surface area contributed by atoms with Crippen LogP contribution >= 0.6 is 23.1 Å². The molecule has 0 saturated carbocycles. The summed E-state index contributed by atoms with van der Waals surface area (Å²) in [6.07, 6.45) is 3.32. The highest BCUT2D eigenvalue weighted by Gasteiger charge is 2.56. The Morgan fingerprint density at radius 1 is 1.03 bits per heavy atom. The number of pyridine rings is 1. The van der Waals surface area contributed by atoms with Gasteiger partial charge in [0.1, 0.15) is 11.8 Å². The molecule has 0 N–H and O–H groups in total. The fourth-order valence-electron chi connectivity index (χ4n) is 5.05. The highest BCUT2D eigenvalue weighted by Crippen LogP contribution is 2.53. The summed E-state index contributed by atoms with van der Waals surface area (Å²) >= 11 is 2.26. The molecule has 5 heterocycles. The van der Waals surface area contributed by atoms with Crippen molar-refractivity contribution < 1.29 is 19.1 Å². The van der Waals surface area contributed by atoms with Crippen LogP contribution in [0.1, 0.15) is 16.4 Å². The van der Waals surface area contributed by atoms with Crippen molar-refractivity contribution in [3.8, 4) is 0 Å². The summed E-state index contributed by atoms with van der Waals surface area (Å²) in [6.45, 7) is 1.79. The van der Waals surface area contributed by atoms with Crippen molar-refractivity contribution >= 4 is 46.5 Å². The maximum atomic E-state index is 13.7. The molecule has 3 amide bonds. The van der Waals surface area contributed by atoms with Crippen LogP contribution in [-0.2, 0) is 25.7 Å². The van der Waals surface area contributed by atoms with E-state index in [0.717, 1.165) is 16.9 Å². The fourth-order valence-corrected chi connectivity index (χ4v) is 7.83. The third-order valence-corrected chi connectivity index (χ3v) is 9.37. The molecule has 3 aliphatic heterocycles. The molecule has 2 unspecified atom stereocenters. The van der Waals surface area contributed by atoms with Gasteiger partial charge in [-0.25, -0.2) is 4.90 Å². The third kappa shape index (κ3) is 3.78. The van der Waals surface area contributed by atoms with Crippen LogP contribution in [-0.4, -0.2) is 63.7 Å². The summed E-state index contributed by atoms with van der Waals surface area (Å²) in [4.78, 5) is 61.1. The van der Waals surface area contributed by atoms with E-state index in [-0.39, 0.29) is 29.1 Å². The minimum absolute atomic E-state index is 0.112. The largest absolute Gasteiger partial charge is 0.378 e. The predicted molar refractivity (Wildman–Crippen MR) is 134 cm³/mol. The van der Waals surface area contributed by atoms with Gasteiger partial charge in [-0.2, -0.15) is 0 Å². The van der Waals surface area contributed by atoms with Crippen LogP contribution in [0.25, 0.3) is 0 Å². The van der Waals surface area contributed by atoms with Gasteiger partial charge in [0.25, 0.3) is 0 Å². The van der Waals surface area contributed by atoms with Crippen LogP contribution in [0.4, 0.5) is 5.69 Å². The maximum absolute atomic E-state index is 13.7. The number of carbonyl (C=O) groups is 3. The number of benzene rings is 1. The Morgan fingerprint density at radius 2 is 1.81 bits per heavy atom. The summed E-state index contributed by atoms with van der Waals surface area (Å²) in [6, 6.07) is 12.5. The number of nitrogens with zero attached hydrogens (tertiary/aromatic N) is 4. The lowest BCUT2D eigenvalue weighted by molar-refractivity contribution is -0.136. The van der Waals surface area contributed by atoms with Crippen LogP contribution in [0.15, 0.2) is 64.7 Å². The van der Waals surface area contributed by atoms with Crippen LogP contribution in [0, 0.1) is 5.92 Å². The van der Waals surface area contributed by atoms with Crippen LogP contribution in [0.5, 0.6) is 0 Å². The van der Waals surface area contributed by atoms with E-state index in [1.54, 1.807) is 47.6 Å². The van der Waals surface area contributed by atoms with E-state index >= 15 is 0 Å². The number of para-hydroxylation sites is 1. The van der Waals surface area contributed by atoms with Gasteiger partial charge in [-0.3, -0.25) is 28.7 Å². The van der Waals surface area contributed by atoms with Gasteiger partial charge in [0.2, 0.25) is 17.7 Å². The van der Waals surface area contributed by atoms with Gasteiger partial charge in [0.15, 0.2) is 0 Å². The van der Waals surface area contributed by atoms with Crippen LogP contribution < -0.4 is 9.77 Å². The van der Waals surface area contributed by atoms with Gasteiger partial charge < -0.3 is 9.64 Å². The van der Waals surface area contributed by atoms with Gasteiger partial charge >= 0.3 is 4.87 Å². The Morgan fingerprint density at radius 3 is 2.53 bits per heavy atom. The number of morpholine rings is 1. The standard InChI is InChI=1S/C25H22N4O5S2/c30-17(27-9-11-34-12-10-27)14-28-24-21(36-25(28)33)18(15-5-4-8-26-13-15)19-20(35-24)23(32)29(22(19)31)16-6-2-1-3-7-16/h1-8,13,18-20H,9-12,14H2/t18-,19?,20?/m1/s1. The number of fused-ring (bicyclic) bond motifs is 2. The Labute approximate surface area is 214 Å². The highest BCUT2D eigenvalue weighted by molar-refractivity contribution is 8.00. The van der Waals surface area contributed by atoms with E-state index in [9.17, 15) is 19.2 Å². The van der Waals surface area contributed by atoms with Gasteiger partial charge in [0, 0.05) is 36.3 Å². The lowest BCUT2D eigenvalue weighted by atomic mass is 9.84. The van der Waals surface area contributed by atoms with Crippen molar-refractivity contribution in [2.24, 2.45) is 5.92 Å². The number of aromatic nitrogens is 2. The summed E-state index contributed by atoms with van der Waals surface area (Å²) < 4.78 is 6.80. The number of hydrogen-bond acceptors (Lipinski definition) is 8. The second kappa shape index (κ2) is 9.30. The van der Waals surface area contributed by atoms with Crippen LogP contribution in [0.3, 0.4) is 0 Å². The van der Waals surface area contributed by atoms with Gasteiger partial charge in [-0.1, -0.05) is 47.4 Å². The number of thiazole rings is 1. The minimum atomic E-state index is -0.714. The number of rotatable bonds is 4. The van der Waals surface area contributed by atoms with Gasteiger partial charge in [-0.15, -0.1) is 0 Å². The number of anilines is 1. The first kappa shape index (κ1) is 23.1. The molecule has 2 fully saturated rings. The molecule has 3 atom stereocenters. The number of hydrogen-bond donors (Lipinski definition) is 0. The number of imide groups is 1. The van der Waals surface area contributed by atoms with Crippen molar-refractivity contribution in [1.82, 2.24) is 14.5 Å². The normalized spacial score (nSPS) is 23.5. The molecule has 2 aromatic heterocycles. The zero-order valence-electron chi connectivity index (χ0n) is 19.1. The second-order valence-electron chi connectivity index (χ2n) is 8.79. The summed E-state index contributed by atoms with van der Waals surface area (Å²) in [5.74, 6) is -1.96. The van der Waals surface area contributed by atoms with Crippen molar-refractivity contribution in [3.05, 3.63) is 75.0 Å². The molecule has 1 aromatic carbocycles. The average molecular weight is 523 g/mol. The molecule has 6 rings (SSSR count). The van der Waals surface area contributed by atoms with Crippen molar-refractivity contribution in [1.29, 1.82) is 0 Å². The SMILES string of the molecule is O=C(Cn1c2c(sc1=O)[C@H](c1cccnc1)C1C(=O)N(c3ccccc3)C(=O)C1S2)N1CCOCC1. The second-order valence-corrected chi connectivity index (χ2v) is 10.9.